The third kappa shape index (κ3) is 3.77. The molecule has 0 unspecified atom stereocenters. The van der Waals surface area contributed by atoms with Gasteiger partial charge in [-0.3, -0.25) is 14.5 Å². The second-order valence-corrected chi connectivity index (χ2v) is 11.7. The van der Waals surface area contributed by atoms with Gasteiger partial charge >= 0.3 is 0 Å². The number of anilines is 3. The lowest BCUT2D eigenvalue weighted by Crippen LogP contribution is -2.51. The fourth-order valence-electron chi connectivity index (χ4n) is 5.97. The molecule has 1 atom stereocenters. The summed E-state index contributed by atoms with van der Waals surface area (Å²) in [5.74, 6) is 0.379. The third-order valence-electron chi connectivity index (χ3n) is 7.81. The second-order valence-electron chi connectivity index (χ2n) is 10.8. The number of aryl methyl sites for hydroxylation is 1. The van der Waals surface area contributed by atoms with Crippen LogP contribution in [-0.2, 0) is 10.3 Å². The minimum absolute atomic E-state index is 0.172. The number of nitrogens with one attached hydrogen (secondary N) is 1. The first-order valence-corrected chi connectivity index (χ1v) is 14.0. The van der Waals surface area contributed by atoms with Crippen LogP contribution in [0.25, 0.3) is 11.4 Å². The summed E-state index contributed by atoms with van der Waals surface area (Å²) in [7, 11) is 5.51. The molecule has 4 aromatic rings. The molecule has 0 aliphatic carbocycles. The first-order chi connectivity index (χ1) is 19.5. The molecule has 6 rings (SSSR count). The number of imidazole rings is 1. The van der Waals surface area contributed by atoms with Crippen LogP contribution in [0.2, 0.25) is 10.0 Å². The van der Waals surface area contributed by atoms with Gasteiger partial charge in [-0.25, -0.2) is 4.98 Å². The van der Waals surface area contributed by atoms with Gasteiger partial charge in [0.25, 0.3) is 11.8 Å². The van der Waals surface area contributed by atoms with Crippen LogP contribution in [0.15, 0.2) is 54.6 Å². The predicted octanol–water partition coefficient (Wildman–Crippen LogP) is 6.68. The van der Waals surface area contributed by atoms with Crippen LogP contribution in [0.5, 0.6) is 5.75 Å². The van der Waals surface area contributed by atoms with Crippen LogP contribution in [0, 0.1) is 6.92 Å². The second kappa shape index (κ2) is 9.53. The van der Waals surface area contributed by atoms with Crippen molar-refractivity contribution in [3.8, 4) is 17.1 Å². The quantitative estimate of drug-likeness (QED) is 0.281. The summed E-state index contributed by atoms with van der Waals surface area (Å²) in [4.78, 5) is 37.4. The van der Waals surface area contributed by atoms with Gasteiger partial charge in [0.05, 0.1) is 24.1 Å². The van der Waals surface area contributed by atoms with E-state index in [0.29, 0.717) is 49.8 Å². The Labute approximate surface area is 248 Å². The minimum atomic E-state index is -1.55. The Morgan fingerprint density at radius 1 is 1.00 bits per heavy atom. The van der Waals surface area contributed by atoms with E-state index in [2.05, 4.69) is 5.32 Å². The highest BCUT2D eigenvalue weighted by Crippen LogP contribution is 2.55. The van der Waals surface area contributed by atoms with Crippen LogP contribution in [0.4, 0.5) is 17.1 Å². The van der Waals surface area contributed by atoms with Crippen molar-refractivity contribution in [2.75, 3.05) is 36.3 Å². The fourth-order valence-corrected chi connectivity index (χ4v) is 6.31. The molecule has 1 N–H and O–H groups in total. The smallest absolute Gasteiger partial charge is 0.280 e. The molecule has 10 heteroatoms. The molecule has 3 heterocycles. The largest absolute Gasteiger partial charge is 0.496 e. The monoisotopic (exact) mass is 589 g/mol. The van der Waals surface area contributed by atoms with Gasteiger partial charge in [0.1, 0.15) is 11.6 Å². The van der Waals surface area contributed by atoms with E-state index in [9.17, 15) is 9.59 Å². The van der Waals surface area contributed by atoms with Crippen molar-refractivity contribution in [3.05, 3.63) is 87.2 Å². The number of ether oxygens (including phenoxy) is 1. The zero-order valence-corrected chi connectivity index (χ0v) is 25.1. The number of nitrogens with zero attached hydrogens (tertiary/aromatic N) is 4. The van der Waals surface area contributed by atoms with Crippen LogP contribution in [0.3, 0.4) is 0 Å². The molecule has 3 aromatic carbocycles. The molecule has 41 heavy (non-hydrogen) atoms. The van der Waals surface area contributed by atoms with Crippen molar-refractivity contribution < 1.29 is 14.3 Å². The Morgan fingerprint density at radius 3 is 2.39 bits per heavy atom. The number of fused-ring (bicyclic) bond motifs is 4. The van der Waals surface area contributed by atoms with E-state index in [1.165, 1.54) is 4.90 Å². The average Bonchev–Trinajstić information content (AvgIpc) is 3.53. The standard InChI is InChI=1S/C31H29Cl2N5O3/c1-16(2)37-27-26(35-28(37)21-11-10-20(36(4)5)15-25(21)41-6)29(39)38(24-14-19(33)8-7-17(24)3)31(27)22-12-9-18(32)13-23(22)34-30(31)40/h7-16H,1-6H3,(H,34,40)/t31-/m1/s1. The molecule has 1 spiro atoms. The van der Waals surface area contributed by atoms with Gasteiger partial charge in [0.2, 0.25) is 0 Å². The number of carbonyl (C=O) groups excluding carboxylic acids is 2. The lowest BCUT2D eigenvalue weighted by atomic mass is 9.86. The minimum Gasteiger partial charge on any atom is -0.496 e. The van der Waals surface area contributed by atoms with Gasteiger partial charge in [-0.1, -0.05) is 35.3 Å². The highest BCUT2D eigenvalue weighted by Gasteiger charge is 2.64. The van der Waals surface area contributed by atoms with Gasteiger partial charge in [-0.05, 0) is 62.7 Å². The van der Waals surface area contributed by atoms with Gasteiger partial charge in [0, 0.05) is 53.2 Å². The summed E-state index contributed by atoms with van der Waals surface area (Å²) in [5, 5.41) is 3.92. The Balaban J connectivity index is 1.72. The topological polar surface area (TPSA) is 79.7 Å². The number of carbonyl (C=O) groups is 2. The SMILES string of the molecule is COc1cc(N(C)C)ccc1-c1nc2c(n1C(C)C)[C@]1(C(=O)Nc3cc(Cl)ccc31)N(c1cc(Cl)ccc1C)C2=O. The molecule has 8 nitrogen and oxygen atoms in total. The molecule has 2 amide bonds. The van der Waals surface area contributed by atoms with Crippen LogP contribution < -0.4 is 19.9 Å². The van der Waals surface area contributed by atoms with Crippen molar-refractivity contribution in [2.24, 2.45) is 0 Å². The zero-order valence-electron chi connectivity index (χ0n) is 23.5. The summed E-state index contributed by atoms with van der Waals surface area (Å²) < 4.78 is 7.77. The molecular weight excluding hydrogens is 561 g/mol. The lowest BCUT2D eigenvalue weighted by Gasteiger charge is -2.36. The van der Waals surface area contributed by atoms with E-state index in [0.717, 1.165) is 11.3 Å². The zero-order chi connectivity index (χ0) is 29.4. The van der Waals surface area contributed by atoms with E-state index in [1.54, 1.807) is 37.4 Å². The number of halogens is 2. The molecule has 2 aliphatic heterocycles. The van der Waals surface area contributed by atoms with Crippen molar-refractivity contribution in [2.45, 2.75) is 32.4 Å². The lowest BCUT2D eigenvalue weighted by molar-refractivity contribution is -0.119. The Bertz CT molecular complexity index is 1760. The van der Waals surface area contributed by atoms with Crippen LogP contribution in [0.1, 0.15) is 47.2 Å². The molecule has 0 bridgehead atoms. The molecular formula is C31H29Cl2N5O3. The summed E-state index contributed by atoms with van der Waals surface area (Å²) in [5.41, 5.74) is 3.28. The summed E-state index contributed by atoms with van der Waals surface area (Å²) in [6, 6.07) is 16.2. The van der Waals surface area contributed by atoms with Crippen LogP contribution >= 0.6 is 23.2 Å². The maximum atomic E-state index is 14.5. The highest BCUT2D eigenvalue weighted by molar-refractivity contribution is 6.32. The van der Waals surface area contributed by atoms with Gasteiger partial charge in [-0.15, -0.1) is 0 Å². The third-order valence-corrected chi connectivity index (χ3v) is 8.28. The highest BCUT2D eigenvalue weighted by atomic mass is 35.5. The van der Waals surface area contributed by atoms with E-state index >= 15 is 0 Å². The Morgan fingerprint density at radius 2 is 1.71 bits per heavy atom. The van der Waals surface area contributed by atoms with Gasteiger partial charge < -0.3 is 19.5 Å². The van der Waals surface area contributed by atoms with E-state index in [1.807, 2.05) is 68.6 Å². The number of rotatable bonds is 5. The number of amides is 2. The van der Waals surface area contributed by atoms with E-state index < -0.39 is 11.4 Å². The maximum Gasteiger partial charge on any atom is 0.280 e. The van der Waals surface area contributed by atoms with Crippen molar-refractivity contribution in [3.63, 3.8) is 0 Å². The predicted molar refractivity (Wildman–Crippen MR) is 163 cm³/mol. The maximum absolute atomic E-state index is 14.5. The molecule has 1 aromatic heterocycles. The molecule has 210 valence electrons. The van der Waals surface area contributed by atoms with Crippen molar-refractivity contribution in [1.82, 2.24) is 9.55 Å². The molecule has 0 fully saturated rings. The molecule has 0 saturated heterocycles. The summed E-state index contributed by atoms with van der Waals surface area (Å²) in [6.45, 7) is 5.90. The first kappa shape index (κ1) is 27.2. The molecule has 0 radical (unpaired) electrons. The number of methoxy groups -OCH3 is 1. The number of aromatic nitrogens is 2. The normalized spacial score (nSPS) is 17.3. The van der Waals surface area contributed by atoms with Crippen molar-refractivity contribution >= 4 is 52.1 Å². The Hall–Kier alpha value is -4.01. The van der Waals surface area contributed by atoms with Gasteiger partial charge in [0.15, 0.2) is 11.2 Å². The fraction of sp³-hybridized carbons (Fsp3) is 0.258. The summed E-state index contributed by atoms with van der Waals surface area (Å²) >= 11 is 12.8. The van der Waals surface area contributed by atoms with Crippen LogP contribution in [-0.4, -0.2) is 42.6 Å². The summed E-state index contributed by atoms with van der Waals surface area (Å²) in [6.07, 6.45) is 0. The molecule has 0 saturated carbocycles. The number of hydrogen-bond donors (Lipinski definition) is 1. The molecule has 2 aliphatic rings. The van der Waals surface area contributed by atoms with E-state index in [4.69, 9.17) is 32.9 Å². The Kier molecular flexibility index (Phi) is 6.32. The van der Waals surface area contributed by atoms with Gasteiger partial charge in [-0.2, -0.15) is 0 Å². The average molecular weight is 591 g/mol. The van der Waals surface area contributed by atoms with E-state index in [-0.39, 0.29) is 17.6 Å². The first-order valence-electron chi connectivity index (χ1n) is 13.2. The number of benzene rings is 3. The number of hydrogen-bond acceptors (Lipinski definition) is 5. The van der Waals surface area contributed by atoms with Crippen molar-refractivity contribution in [1.29, 1.82) is 0 Å².